The number of pyridine rings is 1. The van der Waals surface area contributed by atoms with Crippen LogP contribution in [0.2, 0.25) is 0 Å². The molecule has 108 valence electrons. The maximum absolute atomic E-state index is 4.31. The first-order valence-electron chi connectivity index (χ1n) is 7.71. The number of rotatable bonds is 5. The van der Waals surface area contributed by atoms with Gasteiger partial charge < -0.3 is 10.2 Å². The normalized spacial score (nSPS) is 18.2. The van der Waals surface area contributed by atoms with Gasteiger partial charge in [-0.25, -0.2) is 4.98 Å². The van der Waals surface area contributed by atoms with Crippen LogP contribution in [0.1, 0.15) is 26.2 Å². The molecular weight excluding hydrogens is 248 g/mol. The average Bonchev–Trinajstić information content (AvgIpc) is 2.95. The topological polar surface area (TPSA) is 32.6 Å². The molecular formula is C16H24N4. The second-order valence-electron chi connectivity index (χ2n) is 5.91. The number of imidazole rings is 1. The van der Waals surface area contributed by atoms with Gasteiger partial charge in [-0.15, -0.1) is 0 Å². The van der Waals surface area contributed by atoms with Gasteiger partial charge >= 0.3 is 0 Å². The lowest BCUT2D eigenvalue weighted by molar-refractivity contribution is 0.204. The van der Waals surface area contributed by atoms with Crippen LogP contribution >= 0.6 is 0 Å². The molecule has 0 bridgehead atoms. The molecule has 0 radical (unpaired) electrons. The molecule has 3 heterocycles. The number of likely N-dealkylation sites (tertiary alicyclic amines) is 1. The Kier molecular flexibility index (Phi) is 4.21. The van der Waals surface area contributed by atoms with Gasteiger partial charge in [-0.2, -0.15) is 0 Å². The fraction of sp³-hybridized carbons (Fsp3) is 0.562. The summed E-state index contributed by atoms with van der Waals surface area (Å²) in [6.45, 7) is 7.10. The van der Waals surface area contributed by atoms with Gasteiger partial charge in [-0.05, 0) is 44.0 Å². The van der Waals surface area contributed by atoms with E-state index in [1.54, 1.807) is 0 Å². The Morgan fingerprint density at radius 1 is 1.25 bits per heavy atom. The van der Waals surface area contributed by atoms with Gasteiger partial charge in [-0.3, -0.25) is 4.40 Å². The lowest BCUT2D eigenvalue weighted by Crippen LogP contribution is -2.35. The van der Waals surface area contributed by atoms with E-state index in [4.69, 9.17) is 0 Å². The van der Waals surface area contributed by atoms with Crippen LogP contribution in [-0.2, 0) is 0 Å². The van der Waals surface area contributed by atoms with Crippen LogP contribution in [0, 0.1) is 5.92 Å². The third kappa shape index (κ3) is 3.12. The summed E-state index contributed by atoms with van der Waals surface area (Å²) in [6.07, 6.45) is 8.00. The first-order chi connectivity index (χ1) is 9.83. The average molecular weight is 272 g/mol. The summed E-state index contributed by atoms with van der Waals surface area (Å²) < 4.78 is 2.10. The summed E-state index contributed by atoms with van der Waals surface area (Å²) >= 11 is 0. The molecule has 1 unspecified atom stereocenters. The zero-order chi connectivity index (χ0) is 13.8. The van der Waals surface area contributed by atoms with Crippen molar-refractivity contribution < 1.29 is 0 Å². The van der Waals surface area contributed by atoms with E-state index in [1.807, 2.05) is 18.5 Å². The highest BCUT2D eigenvalue weighted by Crippen LogP contribution is 2.13. The fourth-order valence-electron chi connectivity index (χ4n) is 3.02. The van der Waals surface area contributed by atoms with Crippen molar-refractivity contribution in [2.24, 2.45) is 5.92 Å². The third-order valence-corrected chi connectivity index (χ3v) is 4.08. The van der Waals surface area contributed by atoms with Crippen LogP contribution in [0.4, 0.5) is 5.82 Å². The van der Waals surface area contributed by atoms with E-state index in [-0.39, 0.29) is 0 Å². The van der Waals surface area contributed by atoms with Crippen molar-refractivity contribution in [3.05, 3.63) is 30.6 Å². The molecule has 4 nitrogen and oxygen atoms in total. The van der Waals surface area contributed by atoms with Gasteiger partial charge in [0, 0.05) is 25.5 Å². The molecule has 2 aromatic rings. The van der Waals surface area contributed by atoms with E-state index in [0.717, 1.165) is 18.0 Å². The van der Waals surface area contributed by atoms with E-state index in [9.17, 15) is 0 Å². The quantitative estimate of drug-likeness (QED) is 0.908. The summed E-state index contributed by atoms with van der Waals surface area (Å²) in [5.74, 6) is 1.79. The fourth-order valence-corrected chi connectivity index (χ4v) is 3.02. The largest absolute Gasteiger partial charge is 0.371 e. The SMILES string of the molecule is CC(CNc1cccc2nccn12)CN1CCCCC1. The Bertz CT molecular complexity index is 542. The van der Waals surface area contributed by atoms with E-state index in [0.29, 0.717) is 5.92 Å². The van der Waals surface area contributed by atoms with Crippen LogP contribution in [0.15, 0.2) is 30.6 Å². The molecule has 0 aromatic carbocycles. The number of hydrogen-bond acceptors (Lipinski definition) is 3. The number of fused-ring (bicyclic) bond motifs is 1. The maximum atomic E-state index is 4.31. The van der Waals surface area contributed by atoms with Gasteiger partial charge in [0.1, 0.15) is 11.5 Å². The minimum Gasteiger partial charge on any atom is -0.371 e. The Labute approximate surface area is 120 Å². The summed E-state index contributed by atoms with van der Waals surface area (Å²) in [6, 6.07) is 6.20. The van der Waals surface area contributed by atoms with Crippen molar-refractivity contribution in [1.82, 2.24) is 14.3 Å². The summed E-state index contributed by atoms with van der Waals surface area (Å²) in [5, 5.41) is 3.56. The summed E-state index contributed by atoms with van der Waals surface area (Å²) in [7, 11) is 0. The predicted octanol–water partition coefficient (Wildman–Crippen LogP) is 2.87. The number of piperidine rings is 1. The van der Waals surface area contributed by atoms with Gasteiger partial charge in [0.2, 0.25) is 0 Å². The lowest BCUT2D eigenvalue weighted by Gasteiger charge is -2.29. The van der Waals surface area contributed by atoms with Gasteiger partial charge in [0.05, 0.1) is 0 Å². The standard InChI is InChI=1S/C16H24N4/c1-14(13-19-9-3-2-4-10-19)12-18-16-7-5-6-15-17-8-11-20(15)16/h5-8,11,14,18H,2-4,9-10,12-13H2,1H3. The third-order valence-electron chi connectivity index (χ3n) is 4.08. The predicted molar refractivity (Wildman–Crippen MR) is 83.1 cm³/mol. The minimum atomic E-state index is 0.659. The number of anilines is 1. The Balaban J connectivity index is 1.54. The Morgan fingerprint density at radius 3 is 2.95 bits per heavy atom. The van der Waals surface area contributed by atoms with Crippen LogP contribution in [0.3, 0.4) is 0 Å². The smallest absolute Gasteiger partial charge is 0.138 e. The molecule has 0 spiro atoms. The Morgan fingerprint density at radius 2 is 2.10 bits per heavy atom. The highest BCUT2D eigenvalue weighted by molar-refractivity contribution is 5.49. The van der Waals surface area contributed by atoms with Crippen LogP contribution in [0.5, 0.6) is 0 Å². The molecule has 0 aliphatic carbocycles. The van der Waals surface area contributed by atoms with Crippen molar-refractivity contribution in [2.75, 3.05) is 31.5 Å². The second kappa shape index (κ2) is 6.27. The van der Waals surface area contributed by atoms with Crippen molar-refractivity contribution in [2.45, 2.75) is 26.2 Å². The van der Waals surface area contributed by atoms with E-state index in [2.05, 4.69) is 38.7 Å². The molecule has 1 saturated heterocycles. The zero-order valence-electron chi connectivity index (χ0n) is 12.3. The summed E-state index contributed by atoms with van der Waals surface area (Å²) in [5.41, 5.74) is 0.999. The lowest BCUT2D eigenvalue weighted by atomic mass is 10.1. The van der Waals surface area contributed by atoms with Gasteiger partial charge in [0.15, 0.2) is 0 Å². The number of hydrogen-bond donors (Lipinski definition) is 1. The molecule has 1 N–H and O–H groups in total. The molecule has 20 heavy (non-hydrogen) atoms. The number of aromatic nitrogens is 2. The molecule has 2 aromatic heterocycles. The van der Waals surface area contributed by atoms with Gasteiger partial charge in [0.25, 0.3) is 0 Å². The Hall–Kier alpha value is -1.55. The van der Waals surface area contributed by atoms with E-state index < -0.39 is 0 Å². The van der Waals surface area contributed by atoms with E-state index in [1.165, 1.54) is 38.9 Å². The van der Waals surface area contributed by atoms with Crippen molar-refractivity contribution in [3.8, 4) is 0 Å². The van der Waals surface area contributed by atoms with E-state index >= 15 is 0 Å². The first kappa shape index (κ1) is 13.4. The molecule has 1 aliphatic rings. The van der Waals surface area contributed by atoms with Crippen LogP contribution in [0.25, 0.3) is 5.65 Å². The number of nitrogens with zero attached hydrogens (tertiary/aromatic N) is 3. The first-order valence-corrected chi connectivity index (χ1v) is 7.71. The molecule has 4 heteroatoms. The molecule has 1 fully saturated rings. The molecule has 0 amide bonds. The molecule has 3 rings (SSSR count). The minimum absolute atomic E-state index is 0.659. The highest BCUT2D eigenvalue weighted by atomic mass is 15.1. The number of nitrogens with one attached hydrogen (secondary N) is 1. The van der Waals surface area contributed by atoms with Crippen molar-refractivity contribution >= 4 is 11.5 Å². The van der Waals surface area contributed by atoms with Crippen LogP contribution < -0.4 is 5.32 Å². The van der Waals surface area contributed by atoms with Gasteiger partial charge in [-0.1, -0.05) is 19.4 Å². The molecule has 0 saturated carbocycles. The van der Waals surface area contributed by atoms with Crippen LogP contribution in [-0.4, -0.2) is 40.5 Å². The summed E-state index contributed by atoms with van der Waals surface area (Å²) in [4.78, 5) is 6.92. The molecule has 1 atom stereocenters. The molecule has 1 aliphatic heterocycles. The zero-order valence-corrected chi connectivity index (χ0v) is 12.3. The highest BCUT2D eigenvalue weighted by Gasteiger charge is 2.13. The van der Waals surface area contributed by atoms with Crippen molar-refractivity contribution in [1.29, 1.82) is 0 Å². The maximum Gasteiger partial charge on any atom is 0.138 e. The monoisotopic (exact) mass is 272 g/mol. The van der Waals surface area contributed by atoms with Crippen molar-refractivity contribution in [3.63, 3.8) is 0 Å². The second-order valence-corrected chi connectivity index (χ2v) is 5.91.